The van der Waals surface area contributed by atoms with Crippen LogP contribution in [0.2, 0.25) is 0 Å². The van der Waals surface area contributed by atoms with E-state index in [0.29, 0.717) is 8.81 Å². The predicted octanol–water partition coefficient (Wildman–Crippen LogP) is 4.89. The summed E-state index contributed by atoms with van der Waals surface area (Å²) in [4.78, 5) is 12.7. The smallest absolute Gasteiger partial charge is 0.239 e. The van der Waals surface area contributed by atoms with Gasteiger partial charge < -0.3 is 9.84 Å². The highest BCUT2D eigenvalue weighted by Gasteiger charge is 2.16. The van der Waals surface area contributed by atoms with Crippen molar-refractivity contribution in [3.8, 4) is 0 Å². The van der Waals surface area contributed by atoms with Crippen LogP contribution in [0.4, 0.5) is 5.69 Å². The number of nitrogens with one attached hydrogen (secondary N) is 1. The summed E-state index contributed by atoms with van der Waals surface area (Å²) in [6, 6.07) is 17.9. The van der Waals surface area contributed by atoms with Crippen molar-refractivity contribution in [2.45, 2.75) is 9.89 Å². The van der Waals surface area contributed by atoms with Crippen molar-refractivity contribution >= 4 is 43.8 Å². The van der Waals surface area contributed by atoms with Gasteiger partial charge in [0.15, 0.2) is 0 Å². The van der Waals surface area contributed by atoms with E-state index in [1.165, 1.54) is 5.56 Å². The van der Waals surface area contributed by atoms with E-state index in [0.717, 1.165) is 10.6 Å². The van der Waals surface area contributed by atoms with Crippen molar-refractivity contribution in [1.82, 2.24) is 0 Å². The van der Waals surface area contributed by atoms with Crippen LogP contribution in [0.1, 0.15) is 10.6 Å². The molecule has 22 heavy (non-hydrogen) atoms. The highest BCUT2D eigenvalue weighted by atomic mass is 35.5. The molecule has 116 valence electrons. The Hall–Kier alpha value is -1.06. The van der Waals surface area contributed by atoms with Gasteiger partial charge in [0.1, 0.15) is 5.88 Å². The van der Waals surface area contributed by atoms with E-state index in [4.69, 9.17) is 16.1 Å². The summed E-state index contributed by atoms with van der Waals surface area (Å²) in [5.41, 5.74) is 1.98. The average molecular weight is 354 g/mol. The first kappa shape index (κ1) is 17.3. The molecule has 0 radical (unpaired) electrons. The maximum Gasteiger partial charge on any atom is 0.239 e. The molecule has 0 aliphatic heterocycles. The van der Waals surface area contributed by atoms with E-state index in [2.05, 4.69) is 17.4 Å². The predicted molar refractivity (Wildman–Crippen MR) is 96.2 cm³/mol. The number of carbonyl (C=O) groups excluding carboxylic acids is 1. The topological polar surface area (TPSA) is 38.3 Å². The van der Waals surface area contributed by atoms with Crippen molar-refractivity contribution in [2.24, 2.45) is 0 Å². The molecule has 0 spiro atoms. The van der Waals surface area contributed by atoms with Gasteiger partial charge in [-0.3, -0.25) is 4.79 Å². The molecule has 2 atom stereocenters. The van der Waals surface area contributed by atoms with E-state index in [1.54, 1.807) is 18.9 Å². The molecular weight excluding hydrogens is 337 g/mol. The second-order valence-corrected chi connectivity index (χ2v) is 7.46. The summed E-state index contributed by atoms with van der Waals surface area (Å²) < 4.78 is 5.37. The van der Waals surface area contributed by atoms with Crippen molar-refractivity contribution in [2.75, 3.05) is 18.3 Å². The van der Waals surface area contributed by atoms with Crippen LogP contribution in [-0.4, -0.2) is 18.9 Å². The van der Waals surface area contributed by atoms with Crippen molar-refractivity contribution in [3.63, 3.8) is 0 Å². The van der Waals surface area contributed by atoms with Crippen LogP contribution >= 0.6 is 32.2 Å². The Balaban J connectivity index is 2.21. The summed E-state index contributed by atoms with van der Waals surface area (Å²) in [5.74, 6) is -0.263. The number of amides is 1. The van der Waals surface area contributed by atoms with Gasteiger partial charge in [0, 0.05) is 20.8 Å². The van der Waals surface area contributed by atoms with Gasteiger partial charge in [-0.15, -0.1) is 23.4 Å². The second kappa shape index (κ2) is 9.16. The molecule has 0 aliphatic rings. The molecule has 0 saturated heterocycles. The van der Waals surface area contributed by atoms with Gasteiger partial charge in [-0.2, -0.15) is 0 Å². The summed E-state index contributed by atoms with van der Waals surface area (Å²) in [7, 11) is 2.03. The standard InChI is InChI=1S/C16H17ClNO2PS/c1-20-21-16(12-7-3-2-4-8-12)22-14-10-6-5-9-13(14)18-15(19)11-17/h2-10,16,21H,11H2,1H3,(H,18,19). The molecule has 0 bridgehead atoms. The maximum atomic E-state index is 11.5. The van der Waals surface area contributed by atoms with Crippen LogP contribution in [0.25, 0.3) is 0 Å². The minimum absolute atomic E-state index is 0.0546. The van der Waals surface area contributed by atoms with Gasteiger partial charge in [0.05, 0.1) is 10.7 Å². The van der Waals surface area contributed by atoms with E-state index >= 15 is 0 Å². The molecule has 2 rings (SSSR count). The summed E-state index contributed by atoms with van der Waals surface area (Å²) >= 11 is 7.24. The molecular formula is C16H17ClNO2PS. The first-order chi connectivity index (χ1) is 10.7. The highest BCUT2D eigenvalue weighted by molar-refractivity contribution is 8.03. The van der Waals surface area contributed by atoms with Gasteiger partial charge in [-0.05, 0) is 17.7 Å². The molecule has 0 heterocycles. The fraction of sp³-hybridized carbons (Fsp3) is 0.188. The quantitative estimate of drug-likeness (QED) is 0.437. The fourth-order valence-corrected chi connectivity index (χ4v) is 4.30. The molecule has 2 unspecified atom stereocenters. The lowest BCUT2D eigenvalue weighted by Crippen LogP contribution is -2.13. The molecule has 0 aromatic heterocycles. The number of hydrogen-bond donors (Lipinski definition) is 1. The van der Waals surface area contributed by atoms with Gasteiger partial charge in [0.2, 0.25) is 5.91 Å². The Bertz CT molecular complexity index is 612. The summed E-state index contributed by atoms with van der Waals surface area (Å²) in [6.07, 6.45) is 0. The molecule has 0 fully saturated rings. The number of halogens is 1. The number of thioether (sulfide) groups is 1. The van der Waals surface area contributed by atoms with E-state index < -0.39 is 0 Å². The molecule has 0 saturated carbocycles. The van der Waals surface area contributed by atoms with Crippen molar-refractivity contribution in [1.29, 1.82) is 0 Å². The third-order valence-corrected chi connectivity index (χ3v) is 5.64. The normalized spacial score (nSPS) is 12.5. The van der Waals surface area contributed by atoms with Gasteiger partial charge in [-0.1, -0.05) is 42.5 Å². The Kier molecular flexibility index (Phi) is 7.20. The summed E-state index contributed by atoms with van der Waals surface area (Å²) in [6.45, 7) is 0. The molecule has 1 N–H and O–H groups in total. The number of hydrogen-bond acceptors (Lipinski definition) is 3. The third kappa shape index (κ3) is 4.99. The number of para-hydroxylation sites is 1. The first-order valence-corrected chi connectivity index (χ1v) is 9.09. The molecule has 2 aromatic rings. The first-order valence-electron chi connectivity index (χ1n) is 6.69. The Morgan fingerprint density at radius 1 is 1.23 bits per heavy atom. The number of alkyl halides is 1. The zero-order chi connectivity index (χ0) is 15.8. The van der Waals surface area contributed by atoms with Crippen molar-refractivity contribution < 1.29 is 9.32 Å². The van der Waals surface area contributed by atoms with Crippen LogP contribution in [0.15, 0.2) is 59.5 Å². The number of benzene rings is 2. The van der Waals surface area contributed by atoms with Crippen LogP contribution in [0.5, 0.6) is 0 Å². The van der Waals surface area contributed by atoms with Gasteiger partial charge in [0.25, 0.3) is 0 Å². The number of anilines is 1. The summed E-state index contributed by atoms with van der Waals surface area (Å²) in [5, 5.41) is 2.83. The zero-order valence-corrected chi connectivity index (χ0v) is 14.7. The van der Waals surface area contributed by atoms with Crippen LogP contribution in [0, 0.1) is 0 Å². The SMILES string of the molecule is COPC(Sc1ccccc1NC(=O)CCl)c1ccccc1. The monoisotopic (exact) mass is 353 g/mol. The lowest BCUT2D eigenvalue weighted by atomic mass is 10.2. The van der Waals surface area contributed by atoms with E-state index in [-0.39, 0.29) is 16.8 Å². The van der Waals surface area contributed by atoms with Gasteiger partial charge in [-0.25, -0.2) is 0 Å². The average Bonchev–Trinajstić information content (AvgIpc) is 2.56. The highest BCUT2D eigenvalue weighted by Crippen LogP contribution is 2.49. The third-order valence-electron chi connectivity index (χ3n) is 2.85. The zero-order valence-electron chi connectivity index (χ0n) is 12.1. The van der Waals surface area contributed by atoms with Crippen LogP contribution < -0.4 is 5.32 Å². The molecule has 1 amide bonds. The van der Waals surface area contributed by atoms with E-state index in [9.17, 15) is 4.79 Å². The Labute approximate surface area is 141 Å². The molecule has 3 nitrogen and oxygen atoms in total. The largest absolute Gasteiger partial charge is 0.364 e. The van der Waals surface area contributed by atoms with Crippen LogP contribution in [0.3, 0.4) is 0 Å². The van der Waals surface area contributed by atoms with Gasteiger partial charge >= 0.3 is 0 Å². The minimum Gasteiger partial charge on any atom is -0.364 e. The molecule has 6 heteroatoms. The lowest BCUT2D eigenvalue weighted by molar-refractivity contribution is -0.113. The molecule has 2 aromatic carbocycles. The fourth-order valence-electron chi connectivity index (χ4n) is 1.88. The Morgan fingerprint density at radius 2 is 1.91 bits per heavy atom. The molecule has 0 aliphatic carbocycles. The number of carbonyl (C=O) groups is 1. The van der Waals surface area contributed by atoms with E-state index in [1.807, 2.05) is 42.5 Å². The minimum atomic E-state index is -0.208. The second-order valence-electron chi connectivity index (χ2n) is 4.41. The maximum absolute atomic E-state index is 11.5. The Morgan fingerprint density at radius 3 is 2.59 bits per heavy atom. The van der Waals surface area contributed by atoms with Crippen molar-refractivity contribution in [3.05, 3.63) is 60.2 Å². The lowest BCUT2D eigenvalue weighted by Gasteiger charge is -2.18. The van der Waals surface area contributed by atoms with Crippen LogP contribution in [-0.2, 0) is 9.32 Å². The number of rotatable bonds is 7.